The zero-order valence-corrected chi connectivity index (χ0v) is 12.1. The van der Waals surface area contributed by atoms with Gasteiger partial charge >= 0.3 is 0 Å². The first-order valence-electron chi connectivity index (χ1n) is 6.18. The highest BCUT2D eigenvalue weighted by Gasteiger charge is 2.10. The Labute approximate surface area is 125 Å². The van der Waals surface area contributed by atoms with Crippen LogP contribution in [0.5, 0.6) is 0 Å². The Kier molecular flexibility index (Phi) is 5.33. The summed E-state index contributed by atoms with van der Waals surface area (Å²) >= 11 is 1.11. The van der Waals surface area contributed by atoms with Crippen molar-refractivity contribution in [3.63, 3.8) is 0 Å². The van der Waals surface area contributed by atoms with Gasteiger partial charge in [-0.25, -0.2) is 0 Å². The summed E-state index contributed by atoms with van der Waals surface area (Å²) in [5.41, 5.74) is 5.52. The summed E-state index contributed by atoms with van der Waals surface area (Å²) in [5.74, 6) is -0.118. The summed E-state index contributed by atoms with van der Waals surface area (Å²) in [7, 11) is 0. The number of nitrogens with one attached hydrogen (secondary N) is 2. The highest BCUT2D eigenvalue weighted by atomic mass is 32.2. The lowest BCUT2D eigenvalue weighted by Crippen LogP contribution is -2.41. The summed E-state index contributed by atoms with van der Waals surface area (Å²) in [5, 5.41) is 8.10. The van der Waals surface area contributed by atoms with Gasteiger partial charge in [-0.3, -0.25) is 20.4 Å². The van der Waals surface area contributed by atoms with E-state index in [2.05, 4.69) is 21.0 Å². The van der Waals surface area contributed by atoms with Gasteiger partial charge in [0, 0.05) is 6.92 Å². The van der Waals surface area contributed by atoms with Crippen LogP contribution in [0.4, 0.5) is 0 Å². The first-order valence-corrected chi connectivity index (χ1v) is 7.16. The van der Waals surface area contributed by atoms with Crippen molar-refractivity contribution in [3.8, 4) is 0 Å². The third kappa shape index (κ3) is 5.27. The number of aromatic nitrogens is 2. The topological polar surface area (TPSA) is 97.1 Å². The molecule has 7 nitrogen and oxygen atoms in total. The molecule has 8 heteroatoms. The summed E-state index contributed by atoms with van der Waals surface area (Å²) in [6.45, 7) is 1.31. The number of rotatable bonds is 5. The second-order valence-corrected chi connectivity index (χ2v) is 5.07. The Morgan fingerprint density at radius 2 is 1.95 bits per heavy atom. The zero-order valence-electron chi connectivity index (χ0n) is 11.3. The van der Waals surface area contributed by atoms with Crippen LogP contribution < -0.4 is 10.9 Å². The molecule has 0 aliphatic carbocycles. The fourth-order valence-electron chi connectivity index (χ4n) is 1.46. The van der Waals surface area contributed by atoms with Crippen molar-refractivity contribution >= 4 is 23.6 Å². The Morgan fingerprint density at radius 1 is 1.19 bits per heavy atom. The van der Waals surface area contributed by atoms with Crippen molar-refractivity contribution in [2.45, 2.75) is 18.6 Å². The first kappa shape index (κ1) is 15.0. The van der Waals surface area contributed by atoms with Crippen molar-refractivity contribution in [2.24, 2.45) is 0 Å². The van der Waals surface area contributed by atoms with Crippen LogP contribution in [0, 0.1) is 0 Å². The van der Waals surface area contributed by atoms with Crippen LogP contribution in [0.25, 0.3) is 0 Å². The number of hydrogen-bond donors (Lipinski definition) is 2. The maximum atomic E-state index is 11.4. The lowest BCUT2D eigenvalue weighted by atomic mass is 10.2. The van der Waals surface area contributed by atoms with Gasteiger partial charge in [0.2, 0.25) is 17.7 Å². The predicted molar refractivity (Wildman–Crippen MR) is 76.2 cm³/mol. The average Bonchev–Trinajstić information content (AvgIpc) is 2.91. The van der Waals surface area contributed by atoms with Crippen molar-refractivity contribution in [2.75, 3.05) is 5.75 Å². The normalized spacial score (nSPS) is 10.1. The molecule has 2 amide bonds. The van der Waals surface area contributed by atoms with Crippen LogP contribution in [0.2, 0.25) is 0 Å². The SMILES string of the molecule is CC(=O)NNC(=O)CSc1nnc(Cc2ccccc2)o1. The zero-order chi connectivity index (χ0) is 15.1. The van der Waals surface area contributed by atoms with Gasteiger partial charge in [0.1, 0.15) is 0 Å². The largest absolute Gasteiger partial charge is 0.416 e. The predicted octanol–water partition coefficient (Wildman–Crippen LogP) is 0.920. The molecule has 2 N–H and O–H groups in total. The van der Waals surface area contributed by atoms with Crippen LogP contribution in [0.1, 0.15) is 18.4 Å². The van der Waals surface area contributed by atoms with Crippen molar-refractivity contribution < 1.29 is 14.0 Å². The van der Waals surface area contributed by atoms with Gasteiger partial charge in [0.05, 0.1) is 12.2 Å². The lowest BCUT2D eigenvalue weighted by Gasteiger charge is -2.02. The molecule has 0 bridgehead atoms. The molecule has 0 saturated heterocycles. The van der Waals surface area contributed by atoms with E-state index in [1.807, 2.05) is 30.3 Å². The first-order chi connectivity index (χ1) is 10.1. The molecule has 21 heavy (non-hydrogen) atoms. The Hall–Kier alpha value is -2.35. The monoisotopic (exact) mass is 306 g/mol. The molecule has 2 rings (SSSR count). The molecule has 0 aliphatic rings. The van der Waals surface area contributed by atoms with Crippen molar-refractivity contribution in [3.05, 3.63) is 41.8 Å². The van der Waals surface area contributed by atoms with Gasteiger partial charge in [0.15, 0.2) is 0 Å². The molecule has 1 aromatic heterocycles. The Balaban J connectivity index is 1.80. The van der Waals surface area contributed by atoms with Gasteiger partial charge in [-0.2, -0.15) is 0 Å². The second-order valence-electron chi connectivity index (χ2n) is 4.14. The standard InChI is InChI=1S/C13H14N4O3S/c1-9(18)14-15-11(19)8-21-13-17-16-12(20-13)7-10-5-3-2-4-6-10/h2-6H,7-8H2,1H3,(H,14,18)(H,15,19). The molecule has 0 unspecified atom stereocenters. The van der Waals surface area contributed by atoms with E-state index in [-0.39, 0.29) is 17.6 Å². The van der Waals surface area contributed by atoms with Gasteiger partial charge in [-0.05, 0) is 5.56 Å². The molecular formula is C13H14N4O3S. The molecule has 1 heterocycles. The fraction of sp³-hybridized carbons (Fsp3) is 0.231. The van der Waals surface area contributed by atoms with Crippen molar-refractivity contribution in [1.82, 2.24) is 21.0 Å². The molecular weight excluding hydrogens is 292 g/mol. The quantitative estimate of drug-likeness (QED) is 0.630. The third-order valence-electron chi connectivity index (χ3n) is 2.35. The number of amides is 2. The smallest absolute Gasteiger partial charge is 0.277 e. The number of carbonyl (C=O) groups is 2. The van der Waals surface area contributed by atoms with E-state index >= 15 is 0 Å². The maximum Gasteiger partial charge on any atom is 0.277 e. The van der Waals surface area contributed by atoms with Crippen LogP contribution in [-0.2, 0) is 16.0 Å². The number of thioether (sulfide) groups is 1. The Bertz CT molecular complexity index is 615. The number of nitrogens with zero attached hydrogens (tertiary/aromatic N) is 2. The summed E-state index contributed by atoms with van der Waals surface area (Å²) in [6.07, 6.45) is 0.548. The molecule has 0 atom stereocenters. The highest BCUT2D eigenvalue weighted by Crippen LogP contribution is 2.17. The minimum absolute atomic E-state index is 0.0766. The molecule has 0 spiro atoms. The summed E-state index contributed by atoms with van der Waals surface area (Å²) < 4.78 is 5.44. The summed E-state index contributed by atoms with van der Waals surface area (Å²) in [4.78, 5) is 22.0. The van der Waals surface area contributed by atoms with E-state index in [1.54, 1.807) is 0 Å². The Morgan fingerprint density at radius 3 is 2.67 bits per heavy atom. The molecule has 0 radical (unpaired) electrons. The van der Waals surface area contributed by atoms with Gasteiger partial charge in [0.25, 0.3) is 5.22 Å². The van der Waals surface area contributed by atoms with Crippen LogP contribution in [0.3, 0.4) is 0 Å². The molecule has 0 aliphatic heterocycles. The fourth-order valence-corrected chi connectivity index (χ4v) is 2.04. The molecule has 1 aromatic carbocycles. The summed E-state index contributed by atoms with van der Waals surface area (Å²) in [6, 6.07) is 9.75. The van der Waals surface area contributed by atoms with Gasteiger partial charge in [-0.1, -0.05) is 42.1 Å². The van der Waals surface area contributed by atoms with E-state index in [0.717, 1.165) is 17.3 Å². The average molecular weight is 306 g/mol. The van der Waals surface area contributed by atoms with E-state index in [1.165, 1.54) is 6.92 Å². The van der Waals surface area contributed by atoms with Gasteiger partial charge in [-0.15, -0.1) is 10.2 Å². The van der Waals surface area contributed by atoms with Crippen molar-refractivity contribution in [1.29, 1.82) is 0 Å². The van der Waals surface area contributed by atoms with E-state index in [0.29, 0.717) is 17.5 Å². The molecule has 2 aromatic rings. The maximum absolute atomic E-state index is 11.4. The van der Waals surface area contributed by atoms with Crippen LogP contribution in [-0.4, -0.2) is 27.8 Å². The van der Waals surface area contributed by atoms with E-state index in [4.69, 9.17) is 4.42 Å². The van der Waals surface area contributed by atoms with E-state index in [9.17, 15) is 9.59 Å². The molecule has 110 valence electrons. The van der Waals surface area contributed by atoms with Crippen LogP contribution in [0.15, 0.2) is 40.0 Å². The minimum Gasteiger partial charge on any atom is -0.416 e. The second kappa shape index (κ2) is 7.44. The van der Waals surface area contributed by atoms with Gasteiger partial charge < -0.3 is 4.42 Å². The third-order valence-corrected chi connectivity index (χ3v) is 3.17. The molecule has 0 fully saturated rings. The number of hydrazine groups is 1. The number of benzene rings is 1. The number of hydrogen-bond acceptors (Lipinski definition) is 6. The van der Waals surface area contributed by atoms with E-state index < -0.39 is 0 Å². The lowest BCUT2D eigenvalue weighted by molar-refractivity contribution is -0.126. The minimum atomic E-state index is -0.349. The molecule has 0 saturated carbocycles. The van der Waals surface area contributed by atoms with Crippen LogP contribution >= 0.6 is 11.8 Å². The number of carbonyl (C=O) groups excluding carboxylic acids is 2. The highest BCUT2D eigenvalue weighted by molar-refractivity contribution is 7.99.